The minimum absolute atomic E-state index is 0.0791. The molecule has 0 spiro atoms. The molecule has 0 aliphatic heterocycles. The molecule has 1 heterocycles. The highest BCUT2D eigenvalue weighted by molar-refractivity contribution is 6.15. The number of fused-ring (bicyclic) bond motifs is 1. The fourth-order valence-electron chi connectivity index (χ4n) is 4.20. The van der Waals surface area contributed by atoms with Gasteiger partial charge in [0.05, 0.1) is 5.92 Å². The van der Waals surface area contributed by atoms with Crippen LogP contribution in [0, 0.1) is 5.92 Å². The van der Waals surface area contributed by atoms with Crippen LogP contribution >= 0.6 is 0 Å². The third kappa shape index (κ3) is 3.32. The maximum Gasteiger partial charge on any atom is 0.314 e. The Bertz CT molecular complexity index is 1400. The summed E-state index contributed by atoms with van der Waals surface area (Å²) in [6.07, 6.45) is 4.47. The lowest BCUT2D eigenvalue weighted by Gasteiger charge is -2.33. The molecule has 1 aromatic heterocycles. The first-order valence-electron chi connectivity index (χ1n) is 10.4. The minimum Gasteiger partial charge on any atom is -0.507 e. The number of carbonyl (C=O) groups excluding carboxylic acids is 1. The molecule has 2 N–H and O–H groups in total. The van der Waals surface area contributed by atoms with Gasteiger partial charge in [-0.05, 0) is 23.8 Å². The molecule has 0 saturated carbocycles. The molecule has 6 nitrogen and oxygen atoms in total. The zero-order valence-corrected chi connectivity index (χ0v) is 17.4. The molecule has 0 fully saturated rings. The van der Waals surface area contributed by atoms with E-state index in [0.29, 0.717) is 27.8 Å². The highest BCUT2D eigenvalue weighted by Gasteiger charge is 2.49. The standard InChI is InChI=1S/C27H19NO5/c29-22-12-6-4-10-19(22)20-16-18(25(31)32)14-15-27(20,24(30)17-8-2-1-3-9-17)26-28-21-11-5-7-13-23(21)33-26/h1-16,18,29H,(H,31,32). The zero-order chi connectivity index (χ0) is 23.0. The smallest absolute Gasteiger partial charge is 0.314 e. The Kier molecular flexibility index (Phi) is 4.90. The molecule has 5 rings (SSSR count). The van der Waals surface area contributed by atoms with Gasteiger partial charge in [0.1, 0.15) is 11.3 Å². The number of hydrogen-bond donors (Lipinski definition) is 2. The van der Waals surface area contributed by atoms with E-state index in [0.717, 1.165) is 0 Å². The van der Waals surface area contributed by atoms with Gasteiger partial charge in [0, 0.05) is 11.1 Å². The summed E-state index contributed by atoms with van der Waals surface area (Å²) in [4.78, 5) is 30.6. The Labute approximate surface area is 189 Å². The zero-order valence-electron chi connectivity index (χ0n) is 17.4. The van der Waals surface area contributed by atoms with E-state index in [1.165, 1.54) is 24.3 Å². The molecular weight excluding hydrogens is 418 g/mol. The van der Waals surface area contributed by atoms with Gasteiger partial charge in [0.25, 0.3) is 0 Å². The Morgan fingerprint density at radius 1 is 0.909 bits per heavy atom. The number of oxazole rings is 1. The Morgan fingerprint density at radius 2 is 1.61 bits per heavy atom. The van der Waals surface area contributed by atoms with Crippen molar-refractivity contribution < 1.29 is 24.2 Å². The van der Waals surface area contributed by atoms with Crippen molar-refractivity contribution in [3.63, 3.8) is 0 Å². The lowest BCUT2D eigenvalue weighted by Crippen LogP contribution is -2.38. The minimum atomic E-state index is -1.58. The number of carbonyl (C=O) groups is 2. The Morgan fingerprint density at radius 3 is 2.33 bits per heavy atom. The second kappa shape index (κ2) is 7.91. The van der Waals surface area contributed by atoms with Crippen LogP contribution in [0.25, 0.3) is 16.7 Å². The highest BCUT2D eigenvalue weighted by atomic mass is 16.4. The van der Waals surface area contributed by atoms with Crippen molar-refractivity contribution in [1.29, 1.82) is 0 Å². The number of aromatic nitrogens is 1. The van der Waals surface area contributed by atoms with Crippen LogP contribution in [0.4, 0.5) is 0 Å². The maximum atomic E-state index is 14.1. The van der Waals surface area contributed by atoms with E-state index in [2.05, 4.69) is 4.98 Å². The summed E-state index contributed by atoms with van der Waals surface area (Å²) < 4.78 is 6.09. The SMILES string of the molecule is O=C(O)C1C=CC(C(=O)c2ccccc2)(c2nc3ccccc3o2)C(c2ccccc2O)=C1. The van der Waals surface area contributed by atoms with Crippen molar-refractivity contribution >= 4 is 28.4 Å². The number of carboxylic acid groups (broad SMARTS) is 1. The molecule has 162 valence electrons. The highest BCUT2D eigenvalue weighted by Crippen LogP contribution is 2.48. The molecule has 2 unspecified atom stereocenters. The van der Waals surface area contributed by atoms with E-state index in [-0.39, 0.29) is 17.4 Å². The predicted molar refractivity (Wildman–Crippen MR) is 123 cm³/mol. The number of Topliss-reactive ketones (excluding diaryl/α,β-unsaturated/α-hetero) is 1. The maximum absolute atomic E-state index is 14.1. The third-order valence-electron chi connectivity index (χ3n) is 5.83. The van der Waals surface area contributed by atoms with Gasteiger partial charge in [-0.2, -0.15) is 0 Å². The molecular formula is C27H19NO5. The number of aliphatic carboxylic acids is 1. The summed E-state index contributed by atoms with van der Waals surface area (Å²) in [7, 11) is 0. The summed E-state index contributed by atoms with van der Waals surface area (Å²) >= 11 is 0. The van der Waals surface area contributed by atoms with Crippen molar-refractivity contribution in [3.8, 4) is 5.75 Å². The van der Waals surface area contributed by atoms with Crippen molar-refractivity contribution in [2.45, 2.75) is 5.41 Å². The lowest BCUT2D eigenvalue weighted by molar-refractivity contribution is -0.138. The fraction of sp³-hybridized carbons (Fsp3) is 0.0741. The van der Waals surface area contributed by atoms with Gasteiger partial charge < -0.3 is 14.6 Å². The first kappa shape index (κ1) is 20.5. The van der Waals surface area contributed by atoms with Gasteiger partial charge in [-0.1, -0.05) is 78.9 Å². The number of hydrogen-bond acceptors (Lipinski definition) is 5. The van der Waals surface area contributed by atoms with Crippen LogP contribution in [0.5, 0.6) is 5.75 Å². The summed E-state index contributed by atoms with van der Waals surface area (Å²) in [6, 6.07) is 22.4. The largest absolute Gasteiger partial charge is 0.507 e. The molecule has 1 aliphatic rings. The number of nitrogens with zero attached hydrogens (tertiary/aromatic N) is 1. The van der Waals surface area contributed by atoms with Crippen LogP contribution in [0.2, 0.25) is 0 Å². The summed E-state index contributed by atoms with van der Waals surface area (Å²) in [5.74, 6) is -2.38. The van der Waals surface area contributed by atoms with Crippen molar-refractivity contribution in [3.05, 3.63) is 114 Å². The first-order chi connectivity index (χ1) is 16.0. The van der Waals surface area contributed by atoms with Gasteiger partial charge in [-0.25, -0.2) is 4.98 Å². The van der Waals surface area contributed by atoms with Crippen LogP contribution in [0.15, 0.2) is 102 Å². The second-order valence-corrected chi connectivity index (χ2v) is 7.81. The Hall–Kier alpha value is -4.45. The van der Waals surface area contributed by atoms with Crippen LogP contribution in [0.3, 0.4) is 0 Å². The van der Waals surface area contributed by atoms with Gasteiger partial charge >= 0.3 is 5.97 Å². The van der Waals surface area contributed by atoms with Crippen molar-refractivity contribution in [2.75, 3.05) is 0 Å². The molecule has 1 aliphatic carbocycles. The molecule has 0 saturated heterocycles. The van der Waals surface area contributed by atoms with Crippen LogP contribution in [0.1, 0.15) is 21.8 Å². The third-order valence-corrected chi connectivity index (χ3v) is 5.83. The molecule has 2 atom stereocenters. The molecule has 33 heavy (non-hydrogen) atoms. The number of para-hydroxylation sites is 3. The van der Waals surface area contributed by atoms with Crippen molar-refractivity contribution in [1.82, 2.24) is 4.98 Å². The number of allylic oxidation sites excluding steroid dienone is 2. The molecule has 0 bridgehead atoms. The quantitative estimate of drug-likeness (QED) is 0.336. The van der Waals surface area contributed by atoms with Crippen LogP contribution in [-0.2, 0) is 10.2 Å². The van der Waals surface area contributed by atoms with E-state index in [9.17, 15) is 19.8 Å². The average Bonchev–Trinajstić information content (AvgIpc) is 3.29. The topological polar surface area (TPSA) is 101 Å². The van der Waals surface area contributed by atoms with Gasteiger partial charge in [0.15, 0.2) is 16.8 Å². The van der Waals surface area contributed by atoms with Crippen LogP contribution in [-0.4, -0.2) is 26.9 Å². The van der Waals surface area contributed by atoms with Crippen LogP contribution < -0.4 is 0 Å². The van der Waals surface area contributed by atoms with E-state index in [1.807, 2.05) is 6.07 Å². The van der Waals surface area contributed by atoms with Gasteiger partial charge in [-0.15, -0.1) is 0 Å². The van der Waals surface area contributed by atoms with Crippen molar-refractivity contribution in [2.24, 2.45) is 5.92 Å². The summed E-state index contributed by atoms with van der Waals surface area (Å²) in [5.41, 5.74) is 0.525. The molecule has 3 aromatic carbocycles. The predicted octanol–water partition coefficient (Wildman–Crippen LogP) is 5.01. The van der Waals surface area contributed by atoms with Gasteiger partial charge in [-0.3, -0.25) is 9.59 Å². The summed E-state index contributed by atoms with van der Waals surface area (Å²) in [6.45, 7) is 0. The molecule has 6 heteroatoms. The number of rotatable bonds is 5. The summed E-state index contributed by atoms with van der Waals surface area (Å²) in [5, 5.41) is 20.4. The monoisotopic (exact) mass is 437 g/mol. The van der Waals surface area contributed by atoms with E-state index in [4.69, 9.17) is 4.42 Å². The number of carboxylic acids is 1. The average molecular weight is 437 g/mol. The molecule has 4 aromatic rings. The van der Waals surface area contributed by atoms with E-state index >= 15 is 0 Å². The number of phenols is 1. The normalized spacial score (nSPS) is 19.9. The number of ketones is 1. The first-order valence-corrected chi connectivity index (χ1v) is 10.4. The second-order valence-electron chi connectivity index (χ2n) is 7.81. The molecule has 0 radical (unpaired) electrons. The fourth-order valence-corrected chi connectivity index (χ4v) is 4.20. The Balaban J connectivity index is 1.84. The number of aromatic hydroxyl groups is 1. The number of benzene rings is 3. The van der Waals surface area contributed by atoms with Gasteiger partial charge in [0.2, 0.25) is 5.89 Å². The number of phenolic OH excluding ortho intramolecular Hbond substituents is 1. The molecule has 0 amide bonds. The van der Waals surface area contributed by atoms with E-state index < -0.39 is 17.3 Å². The van der Waals surface area contributed by atoms with E-state index in [1.54, 1.807) is 66.7 Å². The lowest BCUT2D eigenvalue weighted by atomic mass is 9.67.